The van der Waals surface area contributed by atoms with Gasteiger partial charge in [0.1, 0.15) is 5.01 Å². The van der Waals surface area contributed by atoms with Gasteiger partial charge in [-0.05, 0) is 5.92 Å². The maximum atomic E-state index is 12.3. The van der Waals surface area contributed by atoms with Crippen LogP contribution in [0.2, 0.25) is 0 Å². The largest absolute Gasteiger partial charge is 0.334 e. The topological polar surface area (TPSA) is 70.6 Å². The number of hydrogen-bond donors (Lipinski definition) is 0. The van der Waals surface area contributed by atoms with Crippen LogP contribution < -0.4 is 0 Å². The normalized spacial score (nSPS) is 15.0. The van der Waals surface area contributed by atoms with Gasteiger partial charge in [-0.25, -0.2) is 14.7 Å². The number of rotatable bonds is 5. The molecular formula is C17H17N3O3S. The lowest BCUT2D eigenvalue weighted by Crippen LogP contribution is -2.35. The van der Waals surface area contributed by atoms with E-state index in [4.69, 9.17) is 0 Å². The fourth-order valence-corrected chi connectivity index (χ4v) is 3.29. The molecule has 1 fully saturated rings. The lowest BCUT2D eigenvalue weighted by molar-refractivity contribution is -0.143. The highest BCUT2D eigenvalue weighted by molar-refractivity contribution is 7.13. The van der Waals surface area contributed by atoms with E-state index in [0.29, 0.717) is 5.69 Å². The minimum absolute atomic E-state index is 0.0152. The van der Waals surface area contributed by atoms with Crippen LogP contribution in [0.5, 0.6) is 0 Å². The molecule has 1 aliphatic heterocycles. The molecule has 124 valence electrons. The van der Waals surface area contributed by atoms with Crippen LogP contribution in [0.1, 0.15) is 19.5 Å². The van der Waals surface area contributed by atoms with Crippen LogP contribution in [-0.4, -0.2) is 39.2 Å². The second kappa shape index (κ2) is 6.52. The van der Waals surface area contributed by atoms with Crippen LogP contribution in [-0.2, 0) is 16.1 Å². The van der Waals surface area contributed by atoms with E-state index in [1.54, 1.807) is 5.38 Å². The van der Waals surface area contributed by atoms with E-state index in [1.165, 1.54) is 11.3 Å². The first-order valence-electron chi connectivity index (χ1n) is 7.64. The Morgan fingerprint density at radius 1 is 1.04 bits per heavy atom. The summed E-state index contributed by atoms with van der Waals surface area (Å²) in [5.74, 6) is -1.43. The summed E-state index contributed by atoms with van der Waals surface area (Å²) in [6.45, 7) is 4.04. The number of thiazole rings is 1. The first-order valence-corrected chi connectivity index (χ1v) is 8.52. The molecule has 7 heteroatoms. The second-order valence-electron chi connectivity index (χ2n) is 5.99. The Morgan fingerprint density at radius 2 is 1.71 bits per heavy atom. The minimum Gasteiger partial charge on any atom is -0.263 e. The van der Waals surface area contributed by atoms with E-state index in [9.17, 15) is 14.4 Å². The molecule has 6 nitrogen and oxygen atoms in total. The molecule has 1 saturated heterocycles. The molecular weight excluding hydrogens is 326 g/mol. The Labute approximate surface area is 143 Å². The zero-order chi connectivity index (χ0) is 17.3. The predicted molar refractivity (Wildman–Crippen MR) is 90.0 cm³/mol. The van der Waals surface area contributed by atoms with Crippen molar-refractivity contribution in [3.63, 3.8) is 0 Å². The van der Waals surface area contributed by atoms with Gasteiger partial charge >= 0.3 is 17.8 Å². The quantitative estimate of drug-likeness (QED) is 0.618. The molecule has 1 aliphatic rings. The van der Waals surface area contributed by atoms with Gasteiger partial charge < -0.3 is 0 Å². The molecule has 0 radical (unpaired) electrons. The summed E-state index contributed by atoms with van der Waals surface area (Å²) < 4.78 is 0. The Balaban J connectivity index is 1.77. The van der Waals surface area contributed by atoms with E-state index in [-0.39, 0.29) is 19.0 Å². The fourth-order valence-electron chi connectivity index (χ4n) is 2.47. The molecule has 24 heavy (non-hydrogen) atoms. The molecule has 0 bridgehead atoms. The van der Waals surface area contributed by atoms with Crippen molar-refractivity contribution in [1.29, 1.82) is 0 Å². The van der Waals surface area contributed by atoms with E-state index in [2.05, 4.69) is 4.98 Å². The minimum atomic E-state index is -0.782. The van der Waals surface area contributed by atoms with Crippen molar-refractivity contribution >= 4 is 29.2 Å². The summed E-state index contributed by atoms with van der Waals surface area (Å²) in [5.41, 5.74) is 1.57. The zero-order valence-corrected chi connectivity index (χ0v) is 14.2. The SMILES string of the molecule is CC(C)CN1C(=O)C(=O)N(Cc2csc(-c3ccccc3)n2)C1=O. The number of hydrogen-bond acceptors (Lipinski definition) is 5. The summed E-state index contributed by atoms with van der Waals surface area (Å²) in [4.78, 5) is 42.8. The van der Waals surface area contributed by atoms with Crippen molar-refractivity contribution < 1.29 is 14.4 Å². The van der Waals surface area contributed by atoms with E-state index >= 15 is 0 Å². The molecule has 1 aromatic heterocycles. The van der Waals surface area contributed by atoms with Crippen LogP contribution >= 0.6 is 11.3 Å². The molecule has 4 amide bonds. The number of benzene rings is 1. The average molecular weight is 343 g/mol. The first-order chi connectivity index (χ1) is 11.5. The van der Waals surface area contributed by atoms with E-state index in [1.807, 2.05) is 44.2 Å². The molecule has 0 atom stereocenters. The molecule has 2 heterocycles. The molecule has 0 unspecified atom stereocenters. The van der Waals surface area contributed by atoms with Crippen molar-refractivity contribution in [2.45, 2.75) is 20.4 Å². The number of carbonyl (C=O) groups excluding carboxylic acids is 3. The maximum absolute atomic E-state index is 12.3. The Morgan fingerprint density at radius 3 is 2.38 bits per heavy atom. The van der Waals surface area contributed by atoms with Gasteiger partial charge in [0.15, 0.2) is 0 Å². The molecule has 2 aromatic rings. The van der Waals surface area contributed by atoms with Crippen molar-refractivity contribution in [3.8, 4) is 10.6 Å². The third kappa shape index (κ3) is 3.07. The van der Waals surface area contributed by atoms with E-state index < -0.39 is 17.8 Å². The number of urea groups is 1. The van der Waals surface area contributed by atoms with Crippen LogP contribution in [0.4, 0.5) is 4.79 Å². The third-order valence-corrected chi connectivity index (χ3v) is 4.52. The Kier molecular flexibility index (Phi) is 4.44. The fraction of sp³-hybridized carbons (Fsp3) is 0.294. The van der Waals surface area contributed by atoms with Gasteiger partial charge in [-0.1, -0.05) is 44.2 Å². The van der Waals surface area contributed by atoms with E-state index in [0.717, 1.165) is 20.4 Å². The highest BCUT2D eigenvalue weighted by atomic mass is 32.1. The summed E-state index contributed by atoms with van der Waals surface area (Å²) in [5, 5.41) is 2.62. The Bertz CT molecular complexity index is 785. The Hall–Kier alpha value is -2.54. The number of nitrogens with zero attached hydrogens (tertiary/aromatic N) is 3. The van der Waals surface area contributed by atoms with Crippen molar-refractivity contribution in [2.24, 2.45) is 5.92 Å². The summed E-state index contributed by atoms with van der Waals surface area (Å²) in [7, 11) is 0. The zero-order valence-electron chi connectivity index (χ0n) is 13.4. The van der Waals surface area contributed by atoms with Gasteiger partial charge in [-0.15, -0.1) is 11.3 Å². The standard InChI is InChI=1S/C17H17N3O3S/c1-11(2)8-19-15(21)16(22)20(17(19)23)9-13-10-24-14(18-13)12-6-4-3-5-7-12/h3-7,10-11H,8-9H2,1-2H3. The molecule has 3 rings (SSSR count). The van der Waals surface area contributed by atoms with Crippen LogP contribution in [0.25, 0.3) is 10.6 Å². The van der Waals surface area contributed by atoms with Crippen LogP contribution in [0, 0.1) is 5.92 Å². The number of imide groups is 2. The number of amides is 4. The van der Waals surface area contributed by atoms with Gasteiger partial charge in [0.2, 0.25) is 0 Å². The summed E-state index contributed by atoms with van der Waals surface area (Å²) in [6.07, 6.45) is 0. The average Bonchev–Trinajstić information content (AvgIpc) is 3.11. The monoisotopic (exact) mass is 343 g/mol. The lowest BCUT2D eigenvalue weighted by atomic mass is 10.2. The highest BCUT2D eigenvalue weighted by Crippen LogP contribution is 2.25. The maximum Gasteiger partial charge on any atom is 0.334 e. The first kappa shape index (κ1) is 16.3. The molecule has 0 saturated carbocycles. The third-order valence-electron chi connectivity index (χ3n) is 3.58. The predicted octanol–water partition coefficient (Wildman–Crippen LogP) is 2.76. The van der Waals surface area contributed by atoms with Gasteiger partial charge in [0, 0.05) is 17.5 Å². The van der Waals surface area contributed by atoms with Crippen molar-refractivity contribution in [2.75, 3.05) is 6.54 Å². The molecule has 0 spiro atoms. The number of carbonyl (C=O) groups is 3. The van der Waals surface area contributed by atoms with Gasteiger partial charge in [0.25, 0.3) is 0 Å². The summed E-state index contributed by atoms with van der Waals surface area (Å²) in [6, 6.07) is 9.10. The van der Waals surface area contributed by atoms with Crippen LogP contribution in [0.3, 0.4) is 0 Å². The van der Waals surface area contributed by atoms with Crippen molar-refractivity contribution in [1.82, 2.24) is 14.8 Å². The van der Waals surface area contributed by atoms with Gasteiger partial charge in [-0.2, -0.15) is 0 Å². The van der Waals surface area contributed by atoms with Crippen LogP contribution in [0.15, 0.2) is 35.7 Å². The summed E-state index contributed by atoms with van der Waals surface area (Å²) >= 11 is 1.44. The number of aromatic nitrogens is 1. The van der Waals surface area contributed by atoms with Gasteiger partial charge in [0.05, 0.1) is 12.2 Å². The lowest BCUT2D eigenvalue weighted by Gasteiger charge is -2.16. The smallest absolute Gasteiger partial charge is 0.263 e. The molecule has 0 aliphatic carbocycles. The highest BCUT2D eigenvalue weighted by Gasteiger charge is 2.44. The molecule has 0 N–H and O–H groups in total. The van der Waals surface area contributed by atoms with Crippen molar-refractivity contribution in [3.05, 3.63) is 41.4 Å². The molecule has 1 aromatic carbocycles. The second-order valence-corrected chi connectivity index (χ2v) is 6.85. The van der Waals surface area contributed by atoms with Gasteiger partial charge in [-0.3, -0.25) is 14.5 Å².